The molecule has 0 radical (unpaired) electrons. The first kappa shape index (κ1) is 13.2. The van der Waals surface area contributed by atoms with Crippen LogP contribution in [0.4, 0.5) is 10.1 Å². The normalized spacial score (nSPS) is 10.3. The van der Waals surface area contributed by atoms with Crippen LogP contribution < -0.4 is 15.2 Å². The summed E-state index contributed by atoms with van der Waals surface area (Å²) >= 11 is 0. The third-order valence-electron chi connectivity index (χ3n) is 2.64. The van der Waals surface area contributed by atoms with Crippen molar-refractivity contribution in [3.8, 4) is 17.2 Å². The Hall–Kier alpha value is -2.27. The Morgan fingerprint density at radius 3 is 2.63 bits per heavy atom. The van der Waals surface area contributed by atoms with Gasteiger partial charge in [0.15, 0.2) is 17.2 Å². The van der Waals surface area contributed by atoms with E-state index in [2.05, 4.69) is 0 Å². The molecule has 0 unspecified atom stereocenters. The lowest BCUT2D eigenvalue weighted by Gasteiger charge is -2.13. The van der Waals surface area contributed by atoms with Gasteiger partial charge in [-0.3, -0.25) is 0 Å². The van der Waals surface area contributed by atoms with E-state index in [-0.39, 0.29) is 18.0 Å². The van der Waals surface area contributed by atoms with E-state index in [4.69, 9.17) is 20.3 Å². The lowest BCUT2D eigenvalue weighted by molar-refractivity contribution is 0.280. The van der Waals surface area contributed by atoms with E-state index < -0.39 is 5.82 Å². The minimum atomic E-state index is -0.538. The zero-order chi connectivity index (χ0) is 13.8. The number of halogens is 1. The zero-order valence-corrected chi connectivity index (χ0v) is 10.4. The molecule has 19 heavy (non-hydrogen) atoms. The second kappa shape index (κ2) is 5.58. The molecule has 2 aromatic rings. The highest BCUT2D eigenvalue weighted by atomic mass is 19.1. The molecule has 0 aliphatic heterocycles. The summed E-state index contributed by atoms with van der Waals surface area (Å²) in [5.41, 5.74) is 6.23. The maximum Gasteiger partial charge on any atom is 0.169 e. The summed E-state index contributed by atoms with van der Waals surface area (Å²) in [4.78, 5) is 0. The van der Waals surface area contributed by atoms with Gasteiger partial charge in [-0.05, 0) is 29.8 Å². The summed E-state index contributed by atoms with van der Waals surface area (Å²) in [5.74, 6) is 0.519. The second-order valence-electron chi connectivity index (χ2n) is 3.90. The minimum absolute atomic E-state index is 0.0595. The van der Waals surface area contributed by atoms with Gasteiger partial charge in [-0.15, -0.1) is 0 Å². The predicted octanol–water partition coefficient (Wildman–Crippen LogP) is 2.70. The van der Waals surface area contributed by atoms with E-state index in [9.17, 15) is 4.39 Å². The molecule has 0 bridgehead atoms. The third-order valence-corrected chi connectivity index (χ3v) is 2.64. The molecule has 100 valence electrons. The fraction of sp³-hybridized carbons (Fsp3) is 0.143. The predicted molar refractivity (Wildman–Crippen MR) is 69.8 cm³/mol. The molecule has 4 nitrogen and oxygen atoms in total. The lowest BCUT2D eigenvalue weighted by Crippen LogP contribution is -1.97. The number of para-hydroxylation sites is 1. The van der Waals surface area contributed by atoms with Crippen molar-refractivity contribution >= 4 is 5.69 Å². The lowest BCUT2D eigenvalue weighted by atomic mass is 10.2. The molecule has 2 aromatic carbocycles. The Labute approximate surface area is 110 Å². The number of methoxy groups -OCH3 is 1. The Kier molecular flexibility index (Phi) is 3.87. The molecule has 0 heterocycles. The molecule has 0 spiro atoms. The van der Waals surface area contributed by atoms with Crippen molar-refractivity contribution in [2.24, 2.45) is 0 Å². The highest BCUT2D eigenvalue weighted by Crippen LogP contribution is 2.35. The van der Waals surface area contributed by atoms with Crippen LogP contribution in [-0.2, 0) is 6.61 Å². The van der Waals surface area contributed by atoms with Gasteiger partial charge in [0.2, 0.25) is 0 Å². The summed E-state index contributed by atoms with van der Waals surface area (Å²) in [5, 5.41) is 9.05. The average molecular weight is 263 g/mol. The quantitative estimate of drug-likeness (QED) is 0.832. The van der Waals surface area contributed by atoms with Gasteiger partial charge in [-0.1, -0.05) is 12.1 Å². The molecule has 0 aliphatic rings. The van der Waals surface area contributed by atoms with Crippen molar-refractivity contribution < 1.29 is 19.0 Å². The molecular formula is C14H14FNO3. The van der Waals surface area contributed by atoms with Crippen LogP contribution in [0.15, 0.2) is 36.4 Å². The molecule has 3 N–H and O–H groups in total. The molecule has 5 heteroatoms. The van der Waals surface area contributed by atoms with Gasteiger partial charge in [0.05, 0.1) is 13.7 Å². The number of aliphatic hydroxyl groups is 1. The van der Waals surface area contributed by atoms with Crippen molar-refractivity contribution in [2.45, 2.75) is 6.61 Å². The van der Waals surface area contributed by atoms with Crippen LogP contribution in [-0.4, -0.2) is 12.2 Å². The Balaban J connectivity index is 2.35. The first-order valence-corrected chi connectivity index (χ1v) is 5.65. The van der Waals surface area contributed by atoms with E-state index in [1.807, 2.05) is 0 Å². The van der Waals surface area contributed by atoms with Gasteiger partial charge >= 0.3 is 0 Å². The van der Waals surface area contributed by atoms with Crippen molar-refractivity contribution in [3.05, 3.63) is 47.8 Å². The fourth-order valence-electron chi connectivity index (χ4n) is 1.62. The first-order chi connectivity index (χ1) is 9.15. The van der Waals surface area contributed by atoms with Crippen LogP contribution in [0.5, 0.6) is 17.2 Å². The number of anilines is 1. The smallest absolute Gasteiger partial charge is 0.169 e. The topological polar surface area (TPSA) is 64.7 Å². The molecule has 0 fully saturated rings. The molecule has 0 saturated carbocycles. The van der Waals surface area contributed by atoms with Crippen LogP contribution in [0, 0.1) is 5.82 Å². The average Bonchev–Trinajstić information content (AvgIpc) is 2.44. The summed E-state index contributed by atoms with van der Waals surface area (Å²) in [6.45, 7) is -0.0985. The zero-order valence-electron chi connectivity index (χ0n) is 10.4. The second-order valence-corrected chi connectivity index (χ2v) is 3.90. The monoisotopic (exact) mass is 263 g/mol. The Morgan fingerprint density at radius 2 is 1.95 bits per heavy atom. The van der Waals surface area contributed by atoms with Gasteiger partial charge in [0.25, 0.3) is 0 Å². The van der Waals surface area contributed by atoms with Gasteiger partial charge in [0, 0.05) is 0 Å². The van der Waals surface area contributed by atoms with Gasteiger partial charge < -0.3 is 20.3 Å². The summed E-state index contributed by atoms with van der Waals surface area (Å²) in [6, 6.07) is 9.30. The van der Waals surface area contributed by atoms with Crippen LogP contribution in [0.25, 0.3) is 0 Å². The van der Waals surface area contributed by atoms with Crippen LogP contribution in [0.2, 0.25) is 0 Å². The summed E-state index contributed by atoms with van der Waals surface area (Å²) in [6.07, 6.45) is 0. The van der Waals surface area contributed by atoms with Gasteiger partial charge in [-0.2, -0.15) is 0 Å². The van der Waals surface area contributed by atoms with Gasteiger partial charge in [-0.25, -0.2) is 4.39 Å². The largest absolute Gasteiger partial charge is 0.493 e. The van der Waals surface area contributed by atoms with E-state index in [0.29, 0.717) is 17.1 Å². The number of nitrogens with two attached hydrogens (primary N) is 1. The molecule has 2 rings (SSSR count). The maximum atomic E-state index is 13.3. The van der Waals surface area contributed by atoms with Crippen molar-refractivity contribution in [2.75, 3.05) is 12.8 Å². The highest BCUT2D eigenvalue weighted by Gasteiger charge is 2.10. The van der Waals surface area contributed by atoms with Crippen LogP contribution in [0.3, 0.4) is 0 Å². The number of hydrogen-bond donors (Lipinski definition) is 2. The van der Waals surface area contributed by atoms with Crippen molar-refractivity contribution in [1.82, 2.24) is 0 Å². The molecule has 0 atom stereocenters. The van der Waals surface area contributed by atoms with Crippen molar-refractivity contribution in [1.29, 1.82) is 0 Å². The third kappa shape index (κ3) is 2.77. The first-order valence-electron chi connectivity index (χ1n) is 5.65. The van der Waals surface area contributed by atoms with E-state index in [1.54, 1.807) is 24.3 Å². The van der Waals surface area contributed by atoms with Gasteiger partial charge in [0.1, 0.15) is 11.5 Å². The Morgan fingerprint density at radius 1 is 1.16 bits per heavy atom. The molecule has 0 aliphatic carbocycles. The Bertz CT molecular complexity index is 587. The minimum Gasteiger partial charge on any atom is -0.493 e. The molecular weight excluding hydrogens is 249 g/mol. The van der Waals surface area contributed by atoms with E-state index >= 15 is 0 Å². The fourth-order valence-corrected chi connectivity index (χ4v) is 1.62. The number of aliphatic hydroxyl groups excluding tert-OH is 1. The standard InChI is InChI=1S/C14H14FNO3/c1-18-13-7-9(8-17)5-6-11(13)19-12-4-2-3-10(15)14(12)16/h2-7,17H,8,16H2,1H3. The highest BCUT2D eigenvalue weighted by molar-refractivity contribution is 5.56. The number of benzene rings is 2. The number of ether oxygens (including phenoxy) is 2. The maximum absolute atomic E-state index is 13.3. The van der Waals surface area contributed by atoms with Crippen molar-refractivity contribution in [3.63, 3.8) is 0 Å². The van der Waals surface area contributed by atoms with E-state index in [1.165, 1.54) is 19.2 Å². The SMILES string of the molecule is COc1cc(CO)ccc1Oc1cccc(F)c1N. The summed E-state index contributed by atoms with van der Waals surface area (Å²) < 4.78 is 24.0. The summed E-state index contributed by atoms with van der Waals surface area (Å²) in [7, 11) is 1.48. The number of nitrogen functional groups attached to an aromatic ring is 1. The molecule has 0 saturated heterocycles. The molecule has 0 amide bonds. The van der Waals surface area contributed by atoms with Crippen LogP contribution in [0.1, 0.15) is 5.56 Å². The van der Waals surface area contributed by atoms with E-state index in [0.717, 1.165) is 0 Å². The molecule has 0 aromatic heterocycles. The van der Waals surface area contributed by atoms with Crippen LogP contribution >= 0.6 is 0 Å². The number of rotatable bonds is 4. The number of hydrogen-bond acceptors (Lipinski definition) is 4.